The molecule has 42 heavy (non-hydrogen) atoms. The maximum atomic E-state index is 13.0. The molecule has 0 saturated heterocycles. The summed E-state index contributed by atoms with van der Waals surface area (Å²) in [5.41, 5.74) is 2.48. The summed E-state index contributed by atoms with van der Waals surface area (Å²) < 4.78 is 74.7. The van der Waals surface area contributed by atoms with Crippen LogP contribution in [0.25, 0.3) is 0 Å². The first-order valence-corrected chi connectivity index (χ1v) is 15.1. The van der Waals surface area contributed by atoms with Crippen molar-refractivity contribution < 1.29 is 41.6 Å². The molecule has 0 aliphatic carbocycles. The molecule has 0 spiro atoms. The van der Waals surface area contributed by atoms with Gasteiger partial charge in [-0.05, 0) is 78.6 Å². The van der Waals surface area contributed by atoms with Crippen LogP contribution in [-0.2, 0) is 5.41 Å². The third-order valence-corrected chi connectivity index (χ3v) is 8.74. The molecule has 4 rings (SSSR count). The monoisotopic (exact) mass is 610 g/mol. The molecule has 0 fully saturated rings. The Hall–Kier alpha value is -3.14. The Morgan fingerprint density at radius 2 is 1.60 bits per heavy atom. The van der Waals surface area contributed by atoms with Crippen LogP contribution < -0.4 is 9.47 Å². The van der Waals surface area contributed by atoms with E-state index in [4.69, 9.17) is 9.47 Å². The van der Waals surface area contributed by atoms with E-state index in [1.54, 1.807) is 24.3 Å². The topological polar surface area (TPSA) is 58.9 Å². The molecular formula is C32H35F5O4S. The van der Waals surface area contributed by atoms with Crippen molar-refractivity contribution in [3.8, 4) is 23.0 Å². The van der Waals surface area contributed by atoms with Gasteiger partial charge in [-0.15, -0.1) is 0 Å². The van der Waals surface area contributed by atoms with Crippen molar-refractivity contribution in [3.05, 3.63) is 83.4 Å². The Labute approximate surface area is 246 Å². The molecule has 0 amide bonds. The number of phenolic OH excluding ortho intramolecular Hbond substituents is 2. The summed E-state index contributed by atoms with van der Waals surface area (Å²) in [4.78, 5) is 0. The first kappa shape index (κ1) is 31.8. The van der Waals surface area contributed by atoms with Gasteiger partial charge in [0.2, 0.25) is 0 Å². The van der Waals surface area contributed by atoms with E-state index in [-0.39, 0.29) is 29.6 Å². The molecule has 1 aliphatic rings. The lowest BCUT2D eigenvalue weighted by Gasteiger charge is -2.43. The molecule has 0 bridgehead atoms. The van der Waals surface area contributed by atoms with Crippen LogP contribution in [0.4, 0.5) is 22.0 Å². The maximum Gasteiger partial charge on any atom is 0.453 e. The van der Waals surface area contributed by atoms with Gasteiger partial charge in [-0.3, -0.25) is 0 Å². The summed E-state index contributed by atoms with van der Waals surface area (Å²) in [6.45, 7) is 2.97. The van der Waals surface area contributed by atoms with Gasteiger partial charge in [-0.1, -0.05) is 37.3 Å². The minimum Gasteiger partial charge on any atom is -0.508 e. The third kappa shape index (κ3) is 7.62. The van der Waals surface area contributed by atoms with Crippen LogP contribution in [-0.4, -0.2) is 47.0 Å². The number of unbranched alkanes of at least 4 members (excludes halogenated alkanes) is 2. The quantitative estimate of drug-likeness (QED) is 0.150. The van der Waals surface area contributed by atoms with Crippen LogP contribution in [0.1, 0.15) is 61.6 Å². The molecule has 10 heteroatoms. The highest BCUT2D eigenvalue weighted by Gasteiger charge is 2.56. The lowest BCUT2D eigenvalue weighted by atomic mass is 9.65. The summed E-state index contributed by atoms with van der Waals surface area (Å²) >= 11 is 1.39. The number of fused-ring (bicyclic) bond motifs is 1. The Balaban J connectivity index is 1.32. The second-order valence-electron chi connectivity index (χ2n) is 10.8. The van der Waals surface area contributed by atoms with Crippen molar-refractivity contribution in [2.24, 2.45) is 0 Å². The van der Waals surface area contributed by atoms with Crippen molar-refractivity contribution in [1.82, 2.24) is 0 Å². The van der Waals surface area contributed by atoms with Crippen LogP contribution in [0.2, 0.25) is 0 Å². The molecule has 228 valence electrons. The highest BCUT2D eigenvalue weighted by atomic mass is 32.2. The number of aromatic hydroxyl groups is 2. The fourth-order valence-electron chi connectivity index (χ4n) is 5.28. The molecule has 2 unspecified atom stereocenters. The van der Waals surface area contributed by atoms with Gasteiger partial charge in [0.1, 0.15) is 23.0 Å². The van der Waals surface area contributed by atoms with Crippen molar-refractivity contribution in [2.75, 3.05) is 24.7 Å². The van der Waals surface area contributed by atoms with Crippen molar-refractivity contribution in [2.45, 2.75) is 62.5 Å². The van der Waals surface area contributed by atoms with Crippen LogP contribution >= 0.6 is 11.8 Å². The van der Waals surface area contributed by atoms with Crippen molar-refractivity contribution in [1.29, 1.82) is 0 Å². The first-order chi connectivity index (χ1) is 19.9. The summed E-state index contributed by atoms with van der Waals surface area (Å²) in [6, 6.07) is 20.1. The van der Waals surface area contributed by atoms with E-state index in [9.17, 15) is 32.2 Å². The number of hydrogen-bond acceptors (Lipinski definition) is 5. The van der Waals surface area contributed by atoms with Crippen molar-refractivity contribution in [3.63, 3.8) is 0 Å². The summed E-state index contributed by atoms with van der Waals surface area (Å²) in [5.74, 6) is -2.14. The molecule has 1 heterocycles. The number of benzene rings is 3. The summed E-state index contributed by atoms with van der Waals surface area (Å²) in [7, 11) is 0. The molecular weight excluding hydrogens is 575 g/mol. The number of halogens is 5. The molecule has 3 aromatic rings. The predicted molar refractivity (Wildman–Crippen MR) is 154 cm³/mol. The van der Waals surface area contributed by atoms with E-state index in [0.717, 1.165) is 36.0 Å². The molecule has 3 aromatic carbocycles. The van der Waals surface area contributed by atoms with E-state index >= 15 is 0 Å². The number of phenols is 2. The van der Waals surface area contributed by atoms with E-state index in [0.29, 0.717) is 30.5 Å². The minimum absolute atomic E-state index is 0.122. The Bertz CT molecular complexity index is 1320. The summed E-state index contributed by atoms with van der Waals surface area (Å²) in [6.07, 6.45) is -4.39. The van der Waals surface area contributed by atoms with Crippen LogP contribution in [0, 0.1) is 0 Å². The molecule has 2 N–H and O–H groups in total. The highest BCUT2D eigenvalue weighted by molar-refractivity contribution is 7.99. The number of thioether (sulfide) groups is 1. The third-order valence-electron chi connectivity index (χ3n) is 7.59. The van der Waals surface area contributed by atoms with Gasteiger partial charge < -0.3 is 19.7 Å². The molecule has 0 saturated carbocycles. The van der Waals surface area contributed by atoms with Crippen LogP contribution in [0.5, 0.6) is 23.0 Å². The maximum absolute atomic E-state index is 13.0. The van der Waals surface area contributed by atoms with Gasteiger partial charge in [0.05, 0.1) is 13.2 Å². The van der Waals surface area contributed by atoms with E-state index < -0.39 is 23.9 Å². The average molecular weight is 611 g/mol. The zero-order valence-electron chi connectivity index (χ0n) is 23.3. The molecule has 1 aliphatic heterocycles. The number of rotatable bonds is 13. The second-order valence-corrected chi connectivity index (χ2v) is 12.0. The number of ether oxygens (including phenoxy) is 2. The predicted octanol–water partition coefficient (Wildman–Crippen LogP) is 8.84. The number of hydrogen-bond donors (Lipinski definition) is 2. The smallest absolute Gasteiger partial charge is 0.453 e. The standard InChI is InChI=1S/C32H35F5O4S/c1-30(23-9-11-24(38)12-10-23)21-41-28-20-25(39)13-14-27(28)29(30)22-7-5-8-26(19-22)40-16-3-2-4-17-42-18-6-15-31(33,34)32(35,36)37/h5,7-14,19-20,29,38-39H,2-4,6,15-18,21H2,1H3. The van der Waals surface area contributed by atoms with Gasteiger partial charge in [-0.25, -0.2) is 0 Å². The van der Waals surface area contributed by atoms with Crippen LogP contribution in [0.15, 0.2) is 66.7 Å². The van der Waals surface area contributed by atoms with Gasteiger partial charge in [0.15, 0.2) is 0 Å². The molecule has 0 aromatic heterocycles. The fourth-order valence-corrected chi connectivity index (χ4v) is 6.24. The first-order valence-electron chi connectivity index (χ1n) is 13.9. The number of alkyl halides is 5. The van der Waals surface area contributed by atoms with Crippen LogP contribution in [0.3, 0.4) is 0 Å². The van der Waals surface area contributed by atoms with Gasteiger partial charge >= 0.3 is 12.1 Å². The Morgan fingerprint density at radius 3 is 2.33 bits per heavy atom. The largest absolute Gasteiger partial charge is 0.508 e. The SMILES string of the molecule is CC1(c2ccc(O)cc2)COc2cc(O)ccc2C1c1cccc(OCCCCCSCCCC(F)(F)C(F)(F)F)c1. The zero-order valence-corrected chi connectivity index (χ0v) is 24.1. The average Bonchev–Trinajstić information content (AvgIpc) is 2.94. The van der Waals surface area contributed by atoms with Gasteiger partial charge in [0, 0.05) is 29.4 Å². The lowest BCUT2D eigenvalue weighted by Crippen LogP contribution is -2.40. The van der Waals surface area contributed by atoms with E-state index in [1.807, 2.05) is 42.5 Å². The molecule has 4 nitrogen and oxygen atoms in total. The Morgan fingerprint density at radius 1 is 0.881 bits per heavy atom. The van der Waals surface area contributed by atoms with Crippen molar-refractivity contribution >= 4 is 11.8 Å². The highest BCUT2D eigenvalue weighted by Crippen LogP contribution is 2.51. The summed E-state index contributed by atoms with van der Waals surface area (Å²) in [5, 5.41) is 19.9. The van der Waals surface area contributed by atoms with E-state index in [2.05, 4.69) is 6.92 Å². The zero-order chi connectivity index (χ0) is 30.4. The second kappa shape index (κ2) is 13.4. The molecule has 0 radical (unpaired) electrons. The minimum atomic E-state index is -5.48. The van der Waals surface area contributed by atoms with Gasteiger partial charge in [-0.2, -0.15) is 33.7 Å². The Kier molecular flexibility index (Phi) is 10.2. The molecule has 2 atom stereocenters. The normalized spacial score (nSPS) is 18.8. The van der Waals surface area contributed by atoms with Gasteiger partial charge in [0.25, 0.3) is 0 Å². The fraction of sp³-hybridized carbons (Fsp3) is 0.438. The van der Waals surface area contributed by atoms with E-state index in [1.165, 1.54) is 11.8 Å². The lowest BCUT2D eigenvalue weighted by molar-refractivity contribution is -0.284.